The van der Waals surface area contributed by atoms with E-state index in [1.54, 1.807) is 0 Å². The Morgan fingerprint density at radius 2 is 1.88 bits per heavy atom. The highest BCUT2D eigenvalue weighted by Crippen LogP contribution is 2.35. The number of aryl methyl sites for hydroxylation is 1. The van der Waals surface area contributed by atoms with E-state index in [1.807, 2.05) is 6.20 Å². The molecular formula is C27H38N6. The molecule has 33 heavy (non-hydrogen) atoms. The van der Waals surface area contributed by atoms with Crippen LogP contribution < -0.4 is 4.90 Å². The highest BCUT2D eigenvalue weighted by molar-refractivity contribution is 5.53. The number of hydrogen-bond donors (Lipinski definition) is 0. The average molecular weight is 447 g/mol. The topological polar surface area (TPSA) is 39.9 Å². The summed E-state index contributed by atoms with van der Waals surface area (Å²) < 4.78 is 2.30. The minimum atomic E-state index is 0.365. The lowest BCUT2D eigenvalue weighted by Gasteiger charge is -2.37. The van der Waals surface area contributed by atoms with Gasteiger partial charge in [-0.25, -0.2) is 4.98 Å². The highest BCUT2D eigenvalue weighted by Gasteiger charge is 2.29. The first-order valence-electron chi connectivity index (χ1n) is 12.6. The summed E-state index contributed by atoms with van der Waals surface area (Å²) in [7, 11) is 4.40. The monoisotopic (exact) mass is 446 g/mol. The van der Waals surface area contributed by atoms with Gasteiger partial charge in [-0.2, -0.15) is 0 Å². The molecule has 2 aliphatic rings. The van der Waals surface area contributed by atoms with Crippen molar-refractivity contribution in [3.05, 3.63) is 59.7 Å². The Kier molecular flexibility index (Phi) is 6.39. The standard InChI is InChI=1S/C27H38N6/c1-20(2)32(24-10-5-8-21-9-7-15-28-27(21)24)18-22-19-33-25(29-22)11-6-12-26(33)31-16-13-23(14-17-31)30(3)4/h6-7,9,11-12,15,19-20,23-24H,5,8,10,13-14,16-18H2,1-4H3/t24-/m0/s1. The lowest BCUT2D eigenvalue weighted by molar-refractivity contribution is 0.124. The number of anilines is 1. The maximum atomic E-state index is 5.05. The van der Waals surface area contributed by atoms with Gasteiger partial charge in [-0.3, -0.25) is 14.3 Å². The lowest BCUT2D eigenvalue weighted by atomic mass is 9.90. The minimum Gasteiger partial charge on any atom is -0.358 e. The number of aromatic nitrogens is 3. The van der Waals surface area contributed by atoms with Crippen molar-refractivity contribution in [3.8, 4) is 0 Å². The van der Waals surface area contributed by atoms with Crippen LogP contribution in [0.5, 0.6) is 0 Å². The quantitative estimate of drug-likeness (QED) is 0.556. The van der Waals surface area contributed by atoms with Gasteiger partial charge in [0.1, 0.15) is 11.5 Å². The summed E-state index contributed by atoms with van der Waals surface area (Å²) in [5, 5.41) is 0. The Morgan fingerprint density at radius 3 is 2.64 bits per heavy atom. The smallest absolute Gasteiger partial charge is 0.138 e. The summed E-state index contributed by atoms with van der Waals surface area (Å²) in [6.45, 7) is 7.64. The Morgan fingerprint density at radius 1 is 1.06 bits per heavy atom. The average Bonchev–Trinajstić information content (AvgIpc) is 3.25. The van der Waals surface area contributed by atoms with E-state index in [4.69, 9.17) is 9.97 Å². The van der Waals surface area contributed by atoms with Gasteiger partial charge in [0.25, 0.3) is 0 Å². The Bertz CT molecular complexity index is 1080. The molecular weight excluding hydrogens is 408 g/mol. The van der Waals surface area contributed by atoms with Gasteiger partial charge in [-0.05, 0) is 83.8 Å². The highest BCUT2D eigenvalue weighted by atomic mass is 15.3. The maximum Gasteiger partial charge on any atom is 0.138 e. The molecule has 3 aromatic rings. The van der Waals surface area contributed by atoms with Gasteiger partial charge in [0.05, 0.1) is 17.4 Å². The van der Waals surface area contributed by atoms with Crippen molar-refractivity contribution in [2.24, 2.45) is 0 Å². The van der Waals surface area contributed by atoms with Gasteiger partial charge in [-0.1, -0.05) is 12.1 Å². The van der Waals surface area contributed by atoms with Crippen molar-refractivity contribution in [2.45, 2.75) is 70.6 Å². The summed E-state index contributed by atoms with van der Waals surface area (Å²) in [4.78, 5) is 17.3. The third-order valence-corrected chi connectivity index (χ3v) is 7.61. The van der Waals surface area contributed by atoms with Crippen molar-refractivity contribution in [2.75, 3.05) is 32.1 Å². The number of rotatable bonds is 6. The van der Waals surface area contributed by atoms with Gasteiger partial charge in [-0.15, -0.1) is 0 Å². The van der Waals surface area contributed by atoms with Crippen LogP contribution in [0.1, 0.15) is 62.5 Å². The molecule has 1 fully saturated rings. The van der Waals surface area contributed by atoms with Gasteiger partial charge in [0, 0.05) is 44.1 Å². The summed E-state index contributed by atoms with van der Waals surface area (Å²) in [6, 6.07) is 12.3. The first kappa shape index (κ1) is 22.4. The molecule has 0 unspecified atom stereocenters. The molecule has 0 aromatic carbocycles. The molecule has 0 saturated carbocycles. The molecule has 0 radical (unpaired) electrons. The zero-order valence-corrected chi connectivity index (χ0v) is 20.6. The molecule has 0 N–H and O–H groups in total. The molecule has 0 amide bonds. The van der Waals surface area contributed by atoms with Crippen molar-refractivity contribution in [3.63, 3.8) is 0 Å². The third kappa shape index (κ3) is 4.51. The number of piperidine rings is 1. The molecule has 0 bridgehead atoms. The molecule has 1 atom stereocenters. The fraction of sp³-hybridized carbons (Fsp3) is 0.556. The fourth-order valence-electron chi connectivity index (χ4n) is 5.74. The van der Waals surface area contributed by atoms with E-state index >= 15 is 0 Å². The molecule has 6 nitrogen and oxygen atoms in total. The van der Waals surface area contributed by atoms with Gasteiger partial charge < -0.3 is 9.80 Å². The first-order valence-corrected chi connectivity index (χ1v) is 12.6. The third-order valence-electron chi connectivity index (χ3n) is 7.61. The van der Waals surface area contributed by atoms with Crippen LogP contribution in [0.15, 0.2) is 42.7 Å². The molecule has 6 heteroatoms. The summed E-state index contributed by atoms with van der Waals surface area (Å²) in [5.74, 6) is 1.27. The van der Waals surface area contributed by atoms with E-state index in [0.717, 1.165) is 37.4 Å². The van der Waals surface area contributed by atoms with Crippen LogP contribution in [0.25, 0.3) is 5.65 Å². The first-order chi connectivity index (χ1) is 16.0. The molecule has 176 valence electrons. The summed E-state index contributed by atoms with van der Waals surface area (Å²) >= 11 is 0. The van der Waals surface area contributed by atoms with E-state index in [2.05, 4.69) is 83.6 Å². The van der Waals surface area contributed by atoms with E-state index in [1.165, 1.54) is 42.8 Å². The molecule has 0 spiro atoms. The Balaban J connectivity index is 1.40. The second-order valence-electron chi connectivity index (χ2n) is 10.2. The maximum absolute atomic E-state index is 5.05. The van der Waals surface area contributed by atoms with E-state index in [0.29, 0.717) is 18.1 Å². The van der Waals surface area contributed by atoms with E-state index in [-0.39, 0.29) is 0 Å². The van der Waals surface area contributed by atoms with Crippen molar-refractivity contribution in [1.82, 2.24) is 24.2 Å². The SMILES string of the molecule is CC(C)N(Cc1cn2c(N3CCC(N(C)C)CC3)cccc2n1)[C@H]1CCCc2cccnc21. The number of fused-ring (bicyclic) bond motifs is 2. The minimum absolute atomic E-state index is 0.365. The van der Waals surface area contributed by atoms with Crippen LogP contribution in [-0.2, 0) is 13.0 Å². The molecule has 1 saturated heterocycles. The van der Waals surface area contributed by atoms with Crippen LogP contribution >= 0.6 is 0 Å². The fourth-order valence-corrected chi connectivity index (χ4v) is 5.74. The second-order valence-corrected chi connectivity index (χ2v) is 10.2. The van der Waals surface area contributed by atoms with Crippen LogP contribution in [0.3, 0.4) is 0 Å². The van der Waals surface area contributed by atoms with Crippen LogP contribution in [0.2, 0.25) is 0 Å². The molecule has 1 aliphatic carbocycles. The van der Waals surface area contributed by atoms with E-state index < -0.39 is 0 Å². The number of pyridine rings is 2. The summed E-state index contributed by atoms with van der Waals surface area (Å²) in [5.41, 5.74) is 4.87. The van der Waals surface area contributed by atoms with Gasteiger partial charge in [0.2, 0.25) is 0 Å². The zero-order chi connectivity index (χ0) is 22.9. The number of hydrogen-bond acceptors (Lipinski definition) is 5. The zero-order valence-electron chi connectivity index (χ0n) is 20.6. The second kappa shape index (κ2) is 9.43. The Hall–Kier alpha value is -2.44. The predicted molar refractivity (Wildman–Crippen MR) is 135 cm³/mol. The van der Waals surface area contributed by atoms with Gasteiger partial charge in [0.15, 0.2) is 0 Å². The normalized spacial score (nSPS) is 19.7. The van der Waals surface area contributed by atoms with Crippen molar-refractivity contribution >= 4 is 11.5 Å². The predicted octanol–water partition coefficient (Wildman–Crippen LogP) is 4.55. The molecule has 1 aliphatic heterocycles. The molecule has 5 rings (SSSR count). The van der Waals surface area contributed by atoms with Gasteiger partial charge >= 0.3 is 0 Å². The van der Waals surface area contributed by atoms with Crippen LogP contribution in [0, 0.1) is 0 Å². The Labute approximate surface area is 198 Å². The van der Waals surface area contributed by atoms with Crippen LogP contribution in [-0.4, -0.2) is 63.4 Å². The van der Waals surface area contributed by atoms with Crippen molar-refractivity contribution < 1.29 is 0 Å². The summed E-state index contributed by atoms with van der Waals surface area (Å²) in [6.07, 6.45) is 10.2. The largest absolute Gasteiger partial charge is 0.358 e. The molecule has 4 heterocycles. The van der Waals surface area contributed by atoms with Crippen LogP contribution in [0.4, 0.5) is 5.82 Å². The lowest BCUT2D eigenvalue weighted by Crippen LogP contribution is -2.42. The van der Waals surface area contributed by atoms with E-state index in [9.17, 15) is 0 Å². The van der Waals surface area contributed by atoms with Crippen molar-refractivity contribution in [1.29, 1.82) is 0 Å². The number of nitrogens with zero attached hydrogens (tertiary/aromatic N) is 6. The number of imidazole rings is 1. The molecule has 3 aromatic heterocycles.